The van der Waals surface area contributed by atoms with Crippen LogP contribution in [0.1, 0.15) is 46.0 Å². The SMILES string of the molecule is CN1CCCC(CC(=O)N2CCC(N)CC2(C)C)C1. The molecule has 4 heteroatoms. The first kappa shape index (κ1) is 14.8. The second kappa shape index (κ2) is 5.80. The highest BCUT2D eigenvalue weighted by molar-refractivity contribution is 5.77. The molecular weight excluding hydrogens is 238 g/mol. The van der Waals surface area contributed by atoms with Gasteiger partial charge in [0.1, 0.15) is 0 Å². The normalized spacial score (nSPS) is 32.3. The molecule has 2 aliphatic rings. The van der Waals surface area contributed by atoms with Crippen molar-refractivity contribution in [2.24, 2.45) is 11.7 Å². The van der Waals surface area contributed by atoms with Gasteiger partial charge in [-0.2, -0.15) is 0 Å². The van der Waals surface area contributed by atoms with Gasteiger partial charge in [-0.1, -0.05) is 0 Å². The summed E-state index contributed by atoms with van der Waals surface area (Å²) in [6, 6.07) is 0.250. The van der Waals surface area contributed by atoms with Crippen molar-refractivity contribution in [3.63, 3.8) is 0 Å². The van der Waals surface area contributed by atoms with Gasteiger partial charge in [0.15, 0.2) is 0 Å². The maximum absolute atomic E-state index is 12.6. The number of piperidine rings is 2. The summed E-state index contributed by atoms with van der Waals surface area (Å²) in [5.74, 6) is 0.870. The molecule has 0 saturated carbocycles. The molecule has 0 radical (unpaired) electrons. The molecule has 19 heavy (non-hydrogen) atoms. The Morgan fingerprint density at radius 3 is 2.68 bits per heavy atom. The average Bonchev–Trinajstić information content (AvgIpc) is 2.26. The van der Waals surface area contributed by atoms with E-state index in [9.17, 15) is 4.79 Å². The second-order valence-electron chi connectivity index (χ2n) is 7.09. The zero-order chi connectivity index (χ0) is 14.0. The number of likely N-dealkylation sites (tertiary alicyclic amines) is 2. The van der Waals surface area contributed by atoms with Crippen molar-refractivity contribution in [2.45, 2.75) is 57.5 Å². The molecule has 2 fully saturated rings. The van der Waals surface area contributed by atoms with Crippen molar-refractivity contribution in [1.82, 2.24) is 9.80 Å². The van der Waals surface area contributed by atoms with Crippen molar-refractivity contribution in [2.75, 3.05) is 26.7 Å². The lowest BCUT2D eigenvalue weighted by Gasteiger charge is -2.45. The summed E-state index contributed by atoms with van der Waals surface area (Å²) in [6.07, 6.45) is 5.00. The molecule has 2 heterocycles. The molecule has 2 saturated heterocycles. The van der Waals surface area contributed by atoms with Crippen LogP contribution in [-0.4, -0.2) is 54.0 Å². The molecule has 110 valence electrons. The van der Waals surface area contributed by atoms with Gasteiger partial charge in [-0.05, 0) is 59.0 Å². The van der Waals surface area contributed by atoms with Crippen LogP contribution in [0.5, 0.6) is 0 Å². The van der Waals surface area contributed by atoms with Gasteiger partial charge in [-0.15, -0.1) is 0 Å². The molecule has 0 aromatic heterocycles. The fourth-order valence-corrected chi connectivity index (χ4v) is 3.71. The monoisotopic (exact) mass is 267 g/mol. The third kappa shape index (κ3) is 3.69. The van der Waals surface area contributed by atoms with E-state index in [1.54, 1.807) is 0 Å². The predicted octanol–water partition coefficient (Wildman–Crippen LogP) is 1.45. The fraction of sp³-hybridized carbons (Fsp3) is 0.933. The van der Waals surface area contributed by atoms with Gasteiger partial charge < -0.3 is 15.5 Å². The number of nitrogens with zero attached hydrogens (tertiary/aromatic N) is 2. The van der Waals surface area contributed by atoms with E-state index in [-0.39, 0.29) is 11.6 Å². The van der Waals surface area contributed by atoms with E-state index in [1.165, 1.54) is 19.4 Å². The van der Waals surface area contributed by atoms with Crippen molar-refractivity contribution >= 4 is 5.91 Å². The molecule has 0 aromatic rings. The molecule has 2 N–H and O–H groups in total. The molecule has 2 rings (SSSR count). The first-order valence-electron chi connectivity index (χ1n) is 7.63. The molecule has 2 aliphatic heterocycles. The highest BCUT2D eigenvalue weighted by Crippen LogP contribution is 2.29. The number of hydrogen-bond donors (Lipinski definition) is 1. The Morgan fingerprint density at radius 1 is 1.32 bits per heavy atom. The Labute approximate surface area is 117 Å². The number of amides is 1. The predicted molar refractivity (Wildman–Crippen MR) is 77.8 cm³/mol. The first-order chi connectivity index (χ1) is 8.88. The van der Waals surface area contributed by atoms with Crippen molar-refractivity contribution in [3.8, 4) is 0 Å². The lowest BCUT2D eigenvalue weighted by Crippen LogP contribution is -2.56. The van der Waals surface area contributed by atoms with Crippen molar-refractivity contribution < 1.29 is 4.79 Å². The van der Waals surface area contributed by atoms with Gasteiger partial charge >= 0.3 is 0 Å². The number of carbonyl (C=O) groups excluding carboxylic acids is 1. The van der Waals surface area contributed by atoms with Crippen LogP contribution in [-0.2, 0) is 4.79 Å². The zero-order valence-electron chi connectivity index (χ0n) is 12.7. The summed E-state index contributed by atoms with van der Waals surface area (Å²) >= 11 is 0. The molecule has 1 amide bonds. The van der Waals surface area contributed by atoms with Gasteiger partial charge in [0.2, 0.25) is 5.91 Å². The van der Waals surface area contributed by atoms with Crippen molar-refractivity contribution in [3.05, 3.63) is 0 Å². The summed E-state index contributed by atoms with van der Waals surface area (Å²) in [5.41, 5.74) is 5.96. The highest BCUT2D eigenvalue weighted by atomic mass is 16.2. The average molecular weight is 267 g/mol. The zero-order valence-corrected chi connectivity index (χ0v) is 12.7. The Bertz CT molecular complexity index is 329. The fourth-order valence-electron chi connectivity index (χ4n) is 3.71. The summed E-state index contributed by atoms with van der Waals surface area (Å²) < 4.78 is 0. The van der Waals surface area contributed by atoms with E-state index in [0.29, 0.717) is 18.2 Å². The van der Waals surface area contributed by atoms with Crippen LogP contribution < -0.4 is 5.73 Å². The maximum atomic E-state index is 12.6. The van der Waals surface area contributed by atoms with Gasteiger partial charge in [0, 0.05) is 31.1 Å². The number of rotatable bonds is 2. The first-order valence-corrected chi connectivity index (χ1v) is 7.63. The standard InChI is InChI=1S/C15H29N3O/c1-15(2)10-13(16)6-8-18(15)14(19)9-12-5-4-7-17(3)11-12/h12-13H,4-11,16H2,1-3H3. The highest BCUT2D eigenvalue weighted by Gasteiger charge is 2.37. The Balaban J connectivity index is 1.92. The van der Waals surface area contributed by atoms with Gasteiger partial charge in [-0.25, -0.2) is 0 Å². The largest absolute Gasteiger partial charge is 0.337 e. The van der Waals surface area contributed by atoms with Crippen LogP contribution >= 0.6 is 0 Å². The number of nitrogens with two attached hydrogens (primary N) is 1. The van der Waals surface area contributed by atoms with E-state index in [4.69, 9.17) is 5.73 Å². The van der Waals surface area contributed by atoms with Crippen LogP contribution in [0.4, 0.5) is 0 Å². The van der Waals surface area contributed by atoms with Gasteiger partial charge in [-0.3, -0.25) is 4.79 Å². The van der Waals surface area contributed by atoms with Crippen LogP contribution in [0.25, 0.3) is 0 Å². The van der Waals surface area contributed by atoms with E-state index < -0.39 is 0 Å². The molecule has 2 atom stereocenters. The van der Waals surface area contributed by atoms with E-state index in [2.05, 4.69) is 30.7 Å². The minimum absolute atomic E-state index is 0.0741. The maximum Gasteiger partial charge on any atom is 0.223 e. The lowest BCUT2D eigenvalue weighted by atomic mass is 9.86. The third-order valence-electron chi connectivity index (χ3n) is 4.70. The lowest BCUT2D eigenvalue weighted by molar-refractivity contribution is -0.140. The molecule has 0 bridgehead atoms. The molecular formula is C15H29N3O. The third-order valence-corrected chi connectivity index (χ3v) is 4.70. The van der Waals surface area contributed by atoms with Gasteiger partial charge in [0.05, 0.1) is 0 Å². The van der Waals surface area contributed by atoms with Crippen LogP contribution in [0.15, 0.2) is 0 Å². The van der Waals surface area contributed by atoms with E-state index in [0.717, 1.165) is 25.9 Å². The minimum Gasteiger partial charge on any atom is -0.337 e. The van der Waals surface area contributed by atoms with E-state index in [1.807, 2.05) is 0 Å². The Kier molecular flexibility index (Phi) is 4.51. The summed E-state index contributed by atoms with van der Waals surface area (Å²) in [4.78, 5) is 17.0. The second-order valence-corrected chi connectivity index (χ2v) is 7.09. The van der Waals surface area contributed by atoms with Crippen LogP contribution in [0.2, 0.25) is 0 Å². The molecule has 0 aromatic carbocycles. The van der Waals surface area contributed by atoms with Crippen LogP contribution in [0.3, 0.4) is 0 Å². The molecule has 2 unspecified atom stereocenters. The molecule has 0 aliphatic carbocycles. The topological polar surface area (TPSA) is 49.6 Å². The van der Waals surface area contributed by atoms with Gasteiger partial charge in [0.25, 0.3) is 0 Å². The summed E-state index contributed by atoms with van der Waals surface area (Å²) in [7, 11) is 2.15. The number of carbonyl (C=O) groups is 1. The Hall–Kier alpha value is -0.610. The number of hydrogen-bond acceptors (Lipinski definition) is 3. The molecule has 0 spiro atoms. The van der Waals surface area contributed by atoms with E-state index >= 15 is 0 Å². The Morgan fingerprint density at radius 2 is 2.05 bits per heavy atom. The van der Waals surface area contributed by atoms with Crippen LogP contribution in [0, 0.1) is 5.92 Å². The van der Waals surface area contributed by atoms with Crippen molar-refractivity contribution in [1.29, 1.82) is 0 Å². The molecule has 4 nitrogen and oxygen atoms in total. The summed E-state index contributed by atoms with van der Waals surface area (Å²) in [6.45, 7) is 7.37. The smallest absolute Gasteiger partial charge is 0.223 e. The summed E-state index contributed by atoms with van der Waals surface area (Å²) in [5, 5.41) is 0. The minimum atomic E-state index is -0.0741. The quantitative estimate of drug-likeness (QED) is 0.824.